The zero-order valence-corrected chi connectivity index (χ0v) is 13.5. The summed E-state index contributed by atoms with van der Waals surface area (Å²) < 4.78 is 0. The van der Waals surface area contributed by atoms with Crippen LogP contribution < -0.4 is 5.32 Å². The summed E-state index contributed by atoms with van der Waals surface area (Å²) in [4.78, 5) is 2.80. The molecule has 0 radical (unpaired) electrons. The third-order valence-corrected chi connectivity index (χ3v) is 6.96. The second-order valence-corrected chi connectivity index (χ2v) is 8.64. The number of rotatable bonds is 2. The van der Waals surface area contributed by atoms with E-state index in [1.165, 1.54) is 63.2 Å². The van der Waals surface area contributed by atoms with E-state index in [1.54, 1.807) is 0 Å². The Hall–Kier alpha value is 0.270. The Bertz CT molecular complexity index is 291. The van der Waals surface area contributed by atoms with Gasteiger partial charge in [0.15, 0.2) is 0 Å². The molecule has 3 aliphatic rings. The molecule has 110 valence electrons. The fraction of sp³-hybridized carbons (Fsp3) is 1.00. The number of hydrogen-bond acceptors (Lipinski definition) is 3. The lowest BCUT2D eigenvalue weighted by molar-refractivity contribution is 0.102. The largest absolute Gasteiger partial charge is 0.314 e. The Labute approximate surface area is 123 Å². The Balaban J connectivity index is 1.49. The van der Waals surface area contributed by atoms with Crippen molar-refractivity contribution in [1.82, 2.24) is 10.2 Å². The van der Waals surface area contributed by atoms with Crippen molar-refractivity contribution in [3.63, 3.8) is 0 Å². The van der Waals surface area contributed by atoms with E-state index in [9.17, 15) is 0 Å². The minimum Gasteiger partial charge on any atom is -0.314 e. The van der Waals surface area contributed by atoms with Gasteiger partial charge in [-0.05, 0) is 68.8 Å². The van der Waals surface area contributed by atoms with Crippen LogP contribution in [-0.2, 0) is 0 Å². The number of nitrogens with zero attached hydrogens (tertiary/aromatic N) is 1. The molecule has 3 heterocycles. The first kappa shape index (κ1) is 14.2. The van der Waals surface area contributed by atoms with Gasteiger partial charge < -0.3 is 5.32 Å². The van der Waals surface area contributed by atoms with Gasteiger partial charge in [-0.15, -0.1) is 0 Å². The van der Waals surface area contributed by atoms with Crippen LogP contribution in [0.5, 0.6) is 0 Å². The van der Waals surface area contributed by atoms with E-state index in [-0.39, 0.29) is 0 Å². The molecule has 0 spiro atoms. The summed E-state index contributed by atoms with van der Waals surface area (Å²) in [5.41, 5.74) is 0.553. The van der Waals surface area contributed by atoms with Crippen molar-refractivity contribution in [3.05, 3.63) is 0 Å². The molecule has 0 amide bonds. The average molecular weight is 282 g/mol. The molecule has 0 saturated carbocycles. The molecule has 0 bridgehead atoms. The molecule has 0 aliphatic carbocycles. The van der Waals surface area contributed by atoms with Crippen molar-refractivity contribution in [2.24, 2.45) is 11.3 Å². The highest BCUT2D eigenvalue weighted by Gasteiger charge is 2.35. The lowest BCUT2D eigenvalue weighted by Gasteiger charge is -2.44. The molecule has 1 N–H and O–H groups in total. The van der Waals surface area contributed by atoms with Gasteiger partial charge in [-0.2, -0.15) is 11.8 Å². The van der Waals surface area contributed by atoms with Crippen molar-refractivity contribution in [1.29, 1.82) is 0 Å². The first-order valence-corrected chi connectivity index (χ1v) is 9.35. The van der Waals surface area contributed by atoms with Gasteiger partial charge in [0.05, 0.1) is 0 Å². The van der Waals surface area contributed by atoms with E-state index < -0.39 is 0 Å². The minimum absolute atomic E-state index is 0.553. The zero-order valence-electron chi connectivity index (χ0n) is 12.7. The van der Waals surface area contributed by atoms with Crippen LogP contribution in [-0.4, -0.2) is 48.1 Å². The van der Waals surface area contributed by atoms with E-state index in [0.717, 1.165) is 18.0 Å². The third kappa shape index (κ3) is 3.48. The topological polar surface area (TPSA) is 15.3 Å². The van der Waals surface area contributed by atoms with Gasteiger partial charge in [-0.25, -0.2) is 0 Å². The number of piperidine rings is 1. The molecule has 0 aromatic carbocycles. The Kier molecular flexibility index (Phi) is 4.45. The standard InChI is InChI=1S/C16H30N2S/c1-16(2)10-14(11-19-12-16)18-8-5-13(6-9-18)15-4-3-7-17-15/h13-15,17H,3-12H2,1-2H3. The van der Waals surface area contributed by atoms with Crippen LogP contribution in [0.1, 0.15) is 46.0 Å². The van der Waals surface area contributed by atoms with Crippen LogP contribution in [0, 0.1) is 11.3 Å². The van der Waals surface area contributed by atoms with Gasteiger partial charge >= 0.3 is 0 Å². The second-order valence-electron chi connectivity index (χ2n) is 7.61. The monoisotopic (exact) mass is 282 g/mol. The van der Waals surface area contributed by atoms with Crippen LogP contribution in [0.3, 0.4) is 0 Å². The molecule has 3 heteroatoms. The SMILES string of the molecule is CC1(C)CSCC(N2CCC(C3CCCN3)CC2)C1. The molecule has 0 aromatic rings. The normalized spacial score (nSPS) is 37.6. The van der Waals surface area contributed by atoms with Crippen LogP contribution in [0.25, 0.3) is 0 Å². The number of hydrogen-bond donors (Lipinski definition) is 1. The van der Waals surface area contributed by atoms with E-state index in [4.69, 9.17) is 0 Å². The summed E-state index contributed by atoms with van der Waals surface area (Å²) in [7, 11) is 0. The maximum atomic E-state index is 3.71. The van der Waals surface area contributed by atoms with Gasteiger partial charge in [0.25, 0.3) is 0 Å². The highest BCUT2D eigenvalue weighted by atomic mass is 32.2. The molecule has 0 aromatic heterocycles. The highest BCUT2D eigenvalue weighted by Crippen LogP contribution is 2.37. The molecule has 3 rings (SSSR count). The molecule has 3 saturated heterocycles. The molecule has 3 aliphatic heterocycles. The number of thioether (sulfide) groups is 1. The second kappa shape index (κ2) is 5.95. The fourth-order valence-corrected chi connectivity index (χ4v) is 5.65. The predicted molar refractivity (Wildman–Crippen MR) is 84.8 cm³/mol. The highest BCUT2D eigenvalue weighted by molar-refractivity contribution is 7.99. The maximum Gasteiger partial charge on any atom is 0.0191 e. The van der Waals surface area contributed by atoms with Gasteiger partial charge in [-0.1, -0.05) is 13.8 Å². The van der Waals surface area contributed by atoms with Crippen LogP contribution in [0.4, 0.5) is 0 Å². The lowest BCUT2D eigenvalue weighted by atomic mass is 9.84. The van der Waals surface area contributed by atoms with Gasteiger partial charge in [0, 0.05) is 17.8 Å². The molecule has 3 fully saturated rings. The van der Waals surface area contributed by atoms with Crippen LogP contribution in [0.2, 0.25) is 0 Å². The van der Waals surface area contributed by atoms with E-state index >= 15 is 0 Å². The van der Waals surface area contributed by atoms with E-state index in [2.05, 4.69) is 35.8 Å². The van der Waals surface area contributed by atoms with Gasteiger partial charge in [-0.3, -0.25) is 4.90 Å². The summed E-state index contributed by atoms with van der Waals surface area (Å²) in [6.07, 6.45) is 7.10. The van der Waals surface area contributed by atoms with Crippen LogP contribution in [0.15, 0.2) is 0 Å². The van der Waals surface area contributed by atoms with Gasteiger partial charge in [0.1, 0.15) is 0 Å². The zero-order chi connectivity index (χ0) is 13.3. The quantitative estimate of drug-likeness (QED) is 0.838. The number of nitrogens with one attached hydrogen (secondary N) is 1. The van der Waals surface area contributed by atoms with Crippen molar-refractivity contribution in [2.45, 2.75) is 58.0 Å². The molecular formula is C16H30N2S. The lowest BCUT2D eigenvalue weighted by Crippen LogP contribution is -2.49. The average Bonchev–Trinajstić information content (AvgIpc) is 2.92. The minimum atomic E-state index is 0.553. The Morgan fingerprint density at radius 2 is 1.95 bits per heavy atom. The molecule has 2 atom stereocenters. The van der Waals surface area contributed by atoms with Crippen LogP contribution >= 0.6 is 11.8 Å². The van der Waals surface area contributed by atoms with E-state index in [1.807, 2.05) is 0 Å². The van der Waals surface area contributed by atoms with Crippen molar-refractivity contribution >= 4 is 11.8 Å². The first-order chi connectivity index (χ1) is 9.14. The fourth-order valence-electron chi connectivity index (χ4n) is 4.26. The summed E-state index contributed by atoms with van der Waals surface area (Å²) >= 11 is 2.18. The molecule has 19 heavy (non-hydrogen) atoms. The van der Waals surface area contributed by atoms with Crippen molar-refractivity contribution < 1.29 is 0 Å². The molecular weight excluding hydrogens is 252 g/mol. The third-order valence-electron chi connectivity index (χ3n) is 5.35. The summed E-state index contributed by atoms with van der Waals surface area (Å²) in [6.45, 7) is 8.86. The Morgan fingerprint density at radius 3 is 2.58 bits per heavy atom. The van der Waals surface area contributed by atoms with Crippen molar-refractivity contribution in [3.8, 4) is 0 Å². The Morgan fingerprint density at radius 1 is 1.16 bits per heavy atom. The first-order valence-electron chi connectivity index (χ1n) is 8.19. The summed E-state index contributed by atoms with van der Waals surface area (Å²) in [5.74, 6) is 3.69. The molecule has 2 nitrogen and oxygen atoms in total. The summed E-state index contributed by atoms with van der Waals surface area (Å²) in [6, 6.07) is 1.70. The van der Waals surface area contributed by atoms with E-state index in [0.29, 0.717) is 5.41 Å². The summed E-state index contributed by atoms with van der Waals surface area (Å²) in [5, 5.41) is 3.71. The maximum absolute atomic E-state index is 3.71. The smallest absolute Gasteiger partial charge is 0.0191 e. The van der Waals surface area contributed by atoms with Gasteiger partial charge in [0.2, 0.25) is 0 Å². The number of likely N-dealkylation sites (tertiary alicyclic amines) is 1. The molecule has 2 unspecified atom stereocenters. The predicted octanol–water partition coefficient (Wildman–Crippen LogP) is 2.98. The van der Waals surface area contributed by atoms with Crippen molar-refractivity contribution in [2.75, 3.05) is 31.1 Å².